The minimum atomic E-state index is 0.0671. The average molecular weight is 204 g/mol. The van der Waals surface area contributed by atoms with E-state index in [1.54, 1.807) is 0 Å². The molecule has 0 radical (unpaired) electrons. The molecule has 84 valence electrons. The molecule has 0 bridgehead atoms. The molecule has 3 atom stereocenters. The van der Waals surface area contributed by atoms with Crippen molar-refractivity contribution in [3.05, 3.63) is 0 Å². The molecule has 2 heterocycles. The van der Waals surface area contributed by atoms with Gasteiger partial charge in [0.05, 0.1) is 12.7 Å². The Labute approximate surface area is 85.5 Å². The Hall–Kier alpha value is -0.160. The maximum Gasteiger partial charge on any atom is 0.147 e. The van der Waals surface area contributed by atoms with Gasteiger partial charge in [-0.15, -0.1) is 0 Å². The lowest BCUT2D eigenvalue weighted by Gasteiger charge is -2.39. The second-order valence-corrected chi connectivity index (χ2v) is 3.06. The highest BCUT2D eigenvalue weighted by Gasteiger charge is 2.37. The lowest BCUT2D eigenvalue weighted by atomic mass is 10.0. The van der Waals surface area contributed by atoms with Crippen LogP contribution in [0.2, 0.25) is 0 Å². The van der Waals surface area contributed by atoms with Gasteiger partial charge in [-0.05, 0) is 6.42 Å². The van der Waals surface area contributed by atoms with Gasteiger partial charge in [0.1, 0.15) is 25.8 Å². The summed E-state index contributed by atoms with van der Waals surface area (Å²) in [7, 11) is 0. The Morgan fingerprint density at radius 1 is 1.07 bits per heavy atom. The normalized spacial score (nSPS) is 36.6. The molecule has 0 spiro atoms. The summed E-state index contributed by atoms with van der Waals surface area (Å²) in [6.07, 6.45) is 1.27. The van der Waals surface area contributed by atoms with Crippen molar-refractivity contribution in [1.29, 1.82) is 0 Å². The Morgan fingerprint density at radius 3 is 2.57 bits per heavy atom. The molecule has 4 heteroatoms. The van der Waals surface area contributed by atoms with Gasteiger partial charge in [0, 0.05) is 0 Å². The maximum absolute atomic E-state index is 5.41. The lowest BCUT2D eigenvalue weighted by Crippen LogP contribution is -2.52. The predicted molar refractivity (Wildman–Crippen MR) is 51.9 cm³/mol. The highest BCUT2D eigenvalue weighted by Crippen LogP contribution is 2.22. The third-order valence-electron chi connectivity index (χ3n) is 2.33. The molecule has 0 saturated carbocycles. The third kappa shape index (κ3) is 2.67. The van der Waals surface area contributed by atoms with E-state index in [0.717, 1.165) is 6.42 Å². The van der Waals surface area contributed by atoms with Gasteiger partial charge in [-0.1, -0.05) is 20.8 Å². The second-order valence-electron chi connectivity index (χ2n) is 3.06. The zero-order valence-corrected chi connectivity index (χ0v) is 9.19. The van der Waals surface area contributed by atoms with E-state index in [2.05, 4.69) is 6.92 Å². The van der Waals surface area contributed by atoms with Crippen LogP contribution in [0.5, 0.6) is 0 Å². The molecule has 2 rings (SSSR count). The predicted octanol–water partition coefficient (Wildman–Crippen LogP) is 1.54. The number of hydrogen-bond donors (Lipinski definition) is 0. The highest BCUT2D eigenvalue weighted by atomic mass is 16.7. The molecule has 4 nitrogen and oxygen atoms in total. The summed E-state index contributed by atoms with van der Waals surface area (Å²) in [5.41, 5.74) is 0. The zero-order chi connectivity index (χ0) is 10.4. The summed E-state index contributed by atoms with van der Waals surface area (Å²) in [6.45, 7) is 7.45. The fourth-order valence-electron chi connectivity index (χ4n) is 1.64. The van der Waals surface area contributed by atoms with Crippen LogP contribution in [-0.4, -0.2) is 38.5 Å². The first-order valence-corrected chi connectivity index (χ1v) is 5.34. The summed E-state index contributed by atoms with van der Waals surface area (Å²) < 4.78 is 21.3. The minimum absolute atomic E-state index is 0.0671. The average Bonchev–Trinajstić information content (AvgIpc) is 2.31. The summed E-state index contributed by atoms with van der Waals surface area (Å²) in [5.74, 6) is 0. The number of ether oxygens (including phenoxy) is 4. The van der Waals surface area contributed by atoms with Gasteiger partial charge in [0.25, 0.3) is 0 Å². The summed E-state index contributed by atoms with van der Waals surface area (Å²) >= 11 is 0. The molecule has 0 aromatic heterocycles. The minimum Gasteiger partial charge on any atom is -0.353 e. The van der Waals surface area contributed by atoms with E-state index in [4.69, 9.17) is 18.9 Å². The molecule has 2 saturated heterocycles. The molecule has 2 unspecified atom stereocenters. The third-order valence-corrected chi connectivity index (χ3v) is 2.33. The molecule has 0 aromatic carbocycles. The summed E-state index contributed by atoms with van der Waals surface area (Å²) in [4.78, 5) is 0. The second kappa shape index (κ2) is 6.35. The fraction of sp³-hybridized carbons (Fsp3) is 1.00. The van der Waals surface area contributed by atoms with Crippen molar-refractivity contribution in [2.45, 2.75) is 45.5 Å². The SMILES string of the molecule is CC.CC[C@@H]1OCOC2COCOC21. The van der Waals surface area contributed by atoms with Gasteiger partial charge in [0.15, 0.2) is 0 Å². The Bertz CT molecular complexity index is 142. The van der Waals surface area contributed by atoms with Crippen molar-refractivity contribution in [3.8, 4) is 0 Å². The first-order valence-electron chi connectivity index (χ1n) is 5.34. The van der Waals surface area contributed by atoms with E-state index in [9.17, 15) is 0 Å². The molecule has 14 heavy (non-hydrogen) atoms. The number of hydrogen-bond acceptors (Lipinski definition) is 4. The van der Waals surface area contributed by atoms with Crippen LogP contribution in [0, 0.1) is 0 Å². The monoisotopic (exact) mass is 204 g/mol. The van der Waals surface area contributed by atoms with Crippen molar-refractivity contribution in [2.24, 2.45) is 0 Å². The van der Waals surface area contributed by atoms with Crippen LogP contribution in [-0.2, 0) is 18.9 Å². The first-order chi connectivity index (χ1) is 6.92. The topological polar surface area (TPSA) is 36.9 Å². The summed E-state index contributed by atoms with van der Waals surface area (Å²) in [6, 6.07) is 0. The molecule has 0 aromatic rings. The van der Waals surface area contributed by atoms with Crippen molar-refractivity contribution >= 4 is 0 Å². The van der Waals surface area contributed by atoms with Crippen molar-refractivity contribution in [1.82, 2.24) is 0 Å². The number of fused-ring (bicyclic) bond motifs is 1. The number of rotatable bonds is 1. The highest BCUT2D eigenvalue weighted by molar-refractivity contribution is 4.82. The Morgan fingerprint density at radius 2 is 1.86 bits per heavy atom. The van der Waals surface area contributed by atoms with Crippen LogP contribution < -0.4 is 0 Å². The standard InChI is InChI=1S/C8H14O4.C2H6/c1-2-6-8-7(11-5-10-6)3-9-4-12-8;1-2/h6-8H,2-5H2,1H3;1-2H3/t6-,7?,8?;/m0./s1. The first kappa shape index (κ1) is 11.9. The van der Waals surface area contributed by atoms with E-state index < -0.39 is 0 Å². The molecule has 2 fully saturated rings. The van der Waals surface area contributed by atoms with Crippen LogP contribution in [0.4, 0.5) is 0 Å². The van der Waals surface area contributed by atoms with Gasteiger partial charge < -0.3 is 18.9 Å². The van der Waals surface area contributed by atoms with Gasteiger partial charge in [0.2, 0.25) is 0 Å². The van der Waals surface area contributed by atoms with Crippen molar-refractivity contribution in [3.63, 3.8) is 0 Å². The van der Waals surface area contributed by atoms with Gasteiger partial charge in [-0.3, -0.25) is 0 Å². The van der Waals surface area contributed by atoms with Crippen LogP contribution in [0.25, 0.3) is 0 Å². The molecule has 2 aliphatic rings. The van der Waals surface area contributed by atoms with E-state index in [-0.39, 0.29) is 18.3 Å². The maximum atomic E-state index is 5.41. The quantitative estimate of drug-likeness (QED) is 0.649. The lowest BCUT2D eigenvalue weighted by molar-refractivity contribution is -0.301. The molecule has 2 aliphatic heterocycles. The van der Waals surface area contributed by atoms with Crippen LogP contribution in [0.3, 0.4) is 0 Å². The summed E-state index contributed by atoms with van der Waals surface area (Å²) in [5, 5.41) is 0. The smallest absolute Gasteiger partial charge is 0.147 e. The fourth-order valence-corrected chi connectivity index (χ4v) is 1.64. The molecule has 0 aliphatic carbocycles. The van der Waals surface area contributed by atoms with Gasteiger partial charge in [-0.25, -0.2) is 0 Å². The van der Waals surface area contributed by atoms with Crippen molar-refractivity contribution in [2.75, 3.05) is 20.2 Å². The molecular weight excluding hydrogens is 184 g/mol. The largest absolute Gasteiger partial charge is 0.353 e. The van der Waals surface area contributed by atoms with Gasteiger partial charge in [-0.2, -0.15) is 0 Å². The van der Waals surface area contributed by atoms with Crippen LogP contribution in [0.15, 0.2) is 0 Å². The van der Waals surface area contributed by atoms with E-state index in [1.165, 1.54) is 0 Å². The molecule has 0 amide bonds. The van der Waals surface area contributed by atoms with E-state index in [1.807, 2.05) is 13.8 Å². The van der Waals surface area contributed by atoms with Crippen LogP contribution in [0.1, 0.15) is 27.2 Å². The zero-order valence-electron chi connectivity index (χ0n) is 9.19. The van der Waals surface area contributed by atoms with Gasteiger partial charge >= 0.3 is 0 Å². The van der Waals surface area contributed by atoms with E-state index >= 15 is 0 Å². The molecule has 0 N–H and O–H groups in total. The Balaban J connectivity index is 0.000000461. The van der Waals surface area contributed by atoms with Crippen molar-refractivity contribution < 1.29 is 18.9 Å². The Kier molecular flexibility index (Phi) is 5.40. The van der Waals surface area contributed by atoms with E-state index in [0.29, 0.717) is 20.2 Å². The van der Waals surface area contributed by atoms with Crippen LogP contribution >= 0.6 is 0 Å². The molecular formula is C10H20O4.